The highest BCUT2D eigenvalue weighted by Crippen LogP contribution is 2.27. The molecule has 1 aromatic rings. The van der Waals surface area contributed by atoms with Crippen LogP contribution in [0.25, 0.3) is 0 Å². The number of ether oxygens (including phenoxy) is 2. The van der Waals surface area contributed by atoms with E-state index in [1.54, 1.807) is 6.07 Å². The number of aliphatic hydroxyl groups is 1. The van der Waals surface area contributed by atoms with Crippen molar-refractivity contribution in [1.82, 2.24) is 10.5 Å². The molecule has 1 aromatic heterocycles. The van der Waals surface area contributed by atoms with Crippen molar-refractivity contribution >= 4 is 5.91 Å². The van der Waals surface area contributed by atoms with Gasteiger partial charge >= 0.3 is 0 Å². The highest BCUT2D eigenvalue weighted by molar-refractivity contribution is 5.92. The third-order valence-corrected chi connectivity index (χ3v) is 3.74. The maximum absolute atomic E-state index is 12.2. The lowest BCUT2D eigenvalue weighted by Gasteiger charge is -2.16. The van der Waals surface area contributed by atoms with Crippen LogP contribution in [0.3, 0.4) is 0 Å². The molecule has 0 radical (unpaired) electrons. The van der Waals surface area contributed by atoms with E-state index >= 15 is 0 Å². The molecule has 3 heterocycles. The molecular formula is C14H20N2O5. The van der Waals surface area contributed by atoms with Crippen molar-refractivity contribution in [2.45, 2.75) is 44.6 Å². The first-order valence-corrected chi connectivity index (χ1v) is 7.22. The second-order valence-corrected chi connectivity index (χ2v) is 6.02. The Hall–Kier alpha value is -1.44. The zero-order valence-electron chi connectivity index (χ0n) is 12.1. The van der Waals surface area contributed by atoms with E-state index in [-0.39, 0.29) is 36.5 Å². The molecule has 2 saturated heterocycles. The van der Waals surface area contributed by atoms with Gasteiger partial charge in [0.05, 0.1) is 19.3 Å². The summed E-state index contributed by atoms with van der Waals surface area (Å²) >= 11 is 0. The molecule has 116 valence electrons. The third-order valence-electron chi connectivity index (χ3n) is 3.74. The lowest BCUT2D eigenvalue weighted by Crippen LogP contribution is -2.44. The Kier molecular flexibility index (Phi) is 3.97. The molecule has 0 unspecified atom stereocenters. The first-order chi connectivity index (χ1) is 10.0. The summed E-state index contributed by atoms with van der Waals surface area (Å²) < 4.78 is 16.1. The molecule has 0 bridgehead atoms. The van der Waals surface area contributed by atoms with Crippen molar-refractivity contribution < 1.29 is 23.9 Å². The summed E-state index contributed by atoms with van der Waals surface area (Å²) in [5.41, 5.74) is 0.257. The maximum Gasteiger partial charge on any atom is 0.273 e. The summed E-state index contributed by atoms with van der Waals surface area (Å²) in [6, 6.07) is 1.39. The lowest BCUT2D eigenvalue weighted by atomic mass is 10.1. The van der Waals surface area contributed by atoms with Gasteiger partial charge in [0.15, 0.2) is 5.69 Å². The number of rotatable bonds is 4. The van der Waals surface area contributed by atoms with Crippen LogP contribution in [0, 0.1) is 5.92 Å². The number of amides is 1. The number of nitrogens with one attached hydrogen (secondary N) is 1. The third kappa shape index (κ3) is 2.95. The van der Waals surface area contributed by atoms with Gasteiger partial charge in [-0.3, -0.25) is 4.79 Å². The molecule has 4 atom stereocenters. The van der Waals surface area contributed by atoms with Crippen molar-refractivity contribution in [2.75, 3.05) is 13.2 Å². The van der Waals surface area contributed by atoms with Crippen molar-refractivity contribution in [3.05, 3.63) is 17.5 Å². The molecule has 0 saturated carbocycles. The van der Waals surface area contributed by atoms with Crippen LogP contribution in [0.15, 0.2) is 10.6 Å². The van der Waals surface area contributed by atoms with E-state index in [1.165, 1.54) is 0 Å². The van der Waals surface area contributed by atoms with Crippen LogP contribution < -0.4 is 5.32 Å². The van der Waals surface area contributed by atoms with Crippen LogP contribution in [0.5, 0.6) is 0 Å². The fourth-order valence-corrected chi connectivity index (χ4v) is 2.76. The Balaban J connectivity index is 1.60. The predicted octanol–water partition coefficient (Wildman–Crippen LogP) is 0.130. The number of fused-ring (bicyclic) bond motifs is 1. The molecule has 0 spiro atoms. The molecule has 2 aliphatic rings. The van der Waals surface area contributed by atoms with Crippen molar-refractivity contribution in [1.29, 1.82) is 0 Å². The minimum Gasteiger partial charge on any atom is -0.388 e. The molecule has 21 heavy (non-hydrogen) atoms. The minimum atomic E-state index is -0.624. The van der Waals surface area contributed by atoms with Gasteiger partial charge in [0.25, 0.3) is 5.91 Å². The van der Waals surface area contributed by atoms with Crippen LogP contribution in [0.2, 0.25) is 0 Å². The van der Waals surface area contributed by atoms with E-state index in [2.05, 4.69) is 24.3 Å². The van der Waals surface area contributed by atoms with Gasteiger partial charge in [0, 0.05) is 12.5 Å². The lowest BCUT2D eigenvalue weighted by molar-refractivity contribution is 0.0178. The minimum absolute atomic E-state index is 0.240. The van der Waals surface area contributed by atoms with E-state index < -0.39 is 6.10 Å². The van der Waals surface area contributed by atoms with Crippen molar-refractivity contribution in [3.63, 3.8) is 0 Å². The molecule has 7 nitrogen and oxygen atoms in total. The first-order valence-electron chi connectivity index (χ1n) is 7.22. The van der Waals surface area contributed by atoms with Gasteiger partial charge in [-0.1, -0.05) is 19.0 Å². The second kappa shape index (κ2) is 5.75. The van der Waals surface area contributed by atoms with Gasteiger partial charge in [-0.25, -0.2) is 0 Å². The second-order valence-electron chi connectivity index (χ2n) is 6.02. The van der Waals surface area contributed by atoms with Gasteiger partial charge < -0.3 is 24.4 Å². The normalized spacial score (nSPS) is 31.6. The quantitative estimate of drug-likeness (QED) is 0.820. The van der Waals surface area contributed by atoms with Gasteiger partial charge in [-0.2, -0.15) is 0 Å². The summed E-state index contributed by atoms with van der Waals surface area (Å²) in [4.78, 5) is 12.2. The number of hydrogen-bond donors (Lipinski definition) is 2. The fraction of sp³-hybridized carbons (Fsp3) is 0.714. The van der Waals surface area contributed by atoms with Crippen LogP contribution in [0.1, 0.15) is 30.1 Å². The molecular weight excluding hydrogens is 276 g/mol. The molecule has 1 amide bonds. The van der Waals surface area contributed by atoms with Crippen molar-refractivity contribution in [2.24, 2.45) is 5.92 Å². The van der Waals surface area contributed by atoms with Gasteiger partial charge in [0.1, 0.15) is 24.1 Å². The van der Waals surface area contributed by atoms with Gasteiger partial charge in [-0.05, 0) is 5.92 Å². The Morgan fingerprint density at radius 2 is 2.19 bits per heavy atom. The van der Waals surface area contributed by atoms with E-state index in [4.69, 9.17) is 14.0 Å². The number of aromatic nitrogens is 1. The number of carbonyl (C=O) groups excluding carboxylic acids is 1. The summed E-state index contributed by atoms with van der Waals surface area (Å²) in [6.07, 6.45) is -0.538. The van der Waals surface area contributed by atoms with E-state index in [9.17, 15) is 9.90 Å². The number of hydrogen-bond acceptors (Lipinski definition) is 6. The van der Waals surface area contributed by atoms with Gasteiger partial charge in [-0.15, -0.1) is 0 Å². The maximum atomic E-state index is 12.2. The number of carbonyl (C=O) groups is 1. The molecule has 3 rings (SSSR count). The molecule has 7 heteroatoms. The van der Waals surface area contributed by atoms with Crippen LogP contribution in [0.4, 0.5) is 0 Å². The predicted molar refractivity (Wildman–Crippen MR) is 71.8 cm³/mol. The first kappa shape index (κ1) is 14.5. The fourth-order valence-electron chi connectivity index (χ4n) is 2.76. The highest BCUT2D eigenvalue weighted by Gasteiger charge is 2.47. The number of nitrogens with zero attached hydrogens (tertiary/aromatic N) is 1. The topological polar surface area (TPSA) is 93.8 Å². The zero-order valence-corrected chi connectivity index (χ0v) is 12.1. The van der Waals surface area contributed by atoms with Crippen LogP contribution in [-0.4, -0.2) is 53.7 Å². The molecule has 2 aliphatic heterocycles. The summed E-state index contributed by atoms with van der Waals surface area (Å²) in [5.74, 6) is 0.822. The Labute approximate surface area is 122 Å². The molecule has 0 aliphatic carbocycles. The SMILES string of the molecule is CC(C)Cc1cc(C(=O)N[C@@H]2CO[C@H]3[C@@H]2OC[C@H]3O)no1. The summed E-state index contributed by atoms with van der Waals surface area (Å²) in [7, 11) is 0. The molecule has 2 fully saturated rings. The molecule has 0 aromatic carbocycles. The van der Waals surface area contributed by atoms with Crippen LogP contribution >= 0.6 is 0 Å². The molecule has 2 N–H and O–H groups in total. The summed E-state index contributed by atoms with van der Waals surface area (Å²) in [6.45, 7) is 4.71. The van der Waals surface area contributed by atoms with Gasteiger partial charge in [0.2, 0.25) is 0 Å². The number of aliphatic hydroxyl groups excluding tert-OH is 1. The standard InChI is InChI=1S/C14H20N2O5/c1-7(2)3-8-4-9(16-21-8)14(18)15-10-5-19-13-11(17)6-20-12(10)13/h4,7,10-13,17H,3,5-6H2,1-2H3,(H,15,18)/t10-,11-,12-,13-/m1/s1. The Bertz CT molecular complexity index is 515. The monoisotopic (exact) mass is 296 g/mol. The zero-order chi connectivity index (χ0) is 15.0. The average molecular weight is 296 g/mol. The van der Waals surface area contributed by atoms with E-state index in [1.807, 2.05) is 0 Å². The average Bonchev–Trinajstić information content (AvgIpc) is 3.09. The van der Waals surface area contributed by atoms with Crippen molar-refractivity contribution in [3.8, 4) is 0 Å². The largest absolute Gasteiger partial charge is 0.388 e. The van der Waals surface area contributed by atoms with E-state index in [0.717, 1.165) is 6.42 Å². The Morgan fingerprint density at radius 3 is 2.95 bits per heavy atom. The van der Waals surface area contributed by atoms with E-state index in [0.29, 0.717) is 18.3 Å². The highest BCUT2D eigenvalue weighted by atomic mass is 16.6. The Morgan fingerprint density at radius 1 is 1.43 bits per heavy atom. The summed E-state index contributed by atoms with van der Waals surface area (Å²) in [5, 5.41) is 16.3. The van der Waals surface area contributed by atoms with Crippen LogP contribution in [-0.2, 0) is 15.9 Å². The smallest absolute Gasteiger partial charge is 0.273 e.